The van der Waals surface area contributed by atoms with E-state index in [0.717, 1.165) is 41.9 Å². The third-order valence-electron chi connectivity index (χ3n) is 5.95. The van der Waals surface area contributed by atoms with Crippen LogP contribution in [-0.2, 0) is 9.30 Å². The maximum atomic E-state index is 14.9. The molecule has 1 heterocycles. The van der Waals surface area contributed by atoms with E-state index in [-0.39, 0.29) is 17.9 Å². The lowest BCUT2D eigenvalue weighted by Gasteiger charge is -2.29. The van der Waals surface area contributed by atoms with E-state index in [1.165, 1.54) is 0 Å². The van der Waals surface area contributed by atoms with Gasteiger partial charge in [-0.25, -0.2) is 0 Å². The summed E-state index contributed by atoms with van der Waals surface area (Å²) in [6.45, 7) is 2.21. The summed E-state index contributed by atoms with van der Waals surface area (Å²) in [4.78, 5) is 0. The van der Waals surface area contributed by atoms with Gasteiger partial charge in [-0.1, -0.05) is 111 Å². The van der Waals surface area contributed by atoms with E-state index < -0.39 is 7.14 Å². The number of rotatable bonds is 7. The van der Waals surface area contributed by atoms with Crippen molar-refractivity contribution >= 4 is 17.8 Å². The fourth-order valence-electron chi connectivity index (χ4n) is 4.48. The molecule has 1 aliphatic rings. The predicted octanol–water partition coefficient (Wildman–Crippen LogP) is 6.09. The zero-order chi connectivity index (χ0) is 20.1. The zero-order valence-corrected chi connectivity index (χ0v) is 17.9. The normalized spacial score (nSPS) is 21.9. The molecule has 0 aromatic heterocycles. The van der Waals surface area contributed by atoms with Gasteiger partial charge in [0.25, 0.3) is 0 Å². The lowest BCUT2D eigenvalue weighted by Crippen LogP contribution is -2.28. The summed E-state index contributed by atoms with van der Waals surface area (Å²) in [5.41, 5.74) is 1.07. The van der Waals surface area contributed by atoms with Crippen molar-refractivity contribution in [3.8, 4) is 0 Å². The highest BCUT2D eigenvalue weighted by atomic mass is 31.2. The maximum Gasteiger partial charge on any atom is 0.149 e. The molecule has 29 heavy (non-hydrogen) atoms. The molecule has 0 amide bonds. The minimum atomic E-state index is -2.89. The second-order valence-corrected chi connectivity index (χ2v) is 10.9. The van der Waals surface area contributed by atoms with Crippen molar-refractivity contribution in [3.05, 3.63) is 96.6 Å². The summed E-state index contributed by atoms with van der Waals surface area (Å²) in [7, 11) is -2.89. The van der Waals surface area contributed by atoms with Crippen molar-refractivity contribution in [1.29, 1.82) is 0 Å². The Balaban J connectivity index is 1.82. The SMILES string of the molecule is CCCC[C@@H]1C[C@@H](P(=O)(c2ccccc2)c2ccccc2)C(c2ccccc2)O1. The summed E-state index contributed by atoms with van der Waals surface area (Å²) in [5.74, 6) is 0. The third-order valence-corrected chi connectivity index (χ3v) is 9.49. The molecule has 1 fully saturated rings. The van der Waals surface area contributed by atoms with Gasteiger partial charge in [0.05, 0.1) is 17.9 Å². The van der Waals surface area contributed by atoms with E-state index >= 15 is 0 Å². The van der Waals surface area contributed by atoms with Crippen LogP contribution in [-0.4, -0.2) is 11.8 Å². The monoisotopic (exact) mass is 404 g/mol. The zero-order valence-electron chi connectivity index (χ0n) is 17.0. The van der Waals surface area contributed by atoms with E-state index in [2.05, 4.69) is 19.1 Å². The summed E-state index contributed by atoms with van der Waals surface area (Å²) in [6.07, 6.45) is 4.16. The molecular formula is C26H29O2P. The van der Waals surface area contributed by atoms with Crippen LogP contribution in [0.1, 0.15) is 44.3 Å². The lowest BCUT2D eigenvalue weighted by atomic mass is 10.0. The molecule has 1 saturated heterocycles. The van der Waals surface area contributed by atoms with Crippen molar-refractivity contribution < 1.29 is 9.30 Å². The van der Waals surface area contributed by atoms with Gasteiger partial charge in [0, 0.05) is 10.6 Å². The van der Waals surface area contributed by atoms with Gasteiger partial charge in [0.2, 0.25) is 0 Å². The van der Waals surface area contributed by atoms with E-state index in [1.807, 2.05) is 78.9 Å². The first-order chi connectivity index (χ1) is 14.2. The molecule has 3 aromatic carbocycles. The predicted molar refractivity (Wildman–Crippen MR) is 122 cm³/mol. The average Bonchev–Trinajstić information content (AvgIpc) is 3.24. The van der Waals surface area contributed by atoms with Gasteiger partial charge in [-0.3, -0.25) is 0 Å². The van der Waals surface area contributed by atoms with Crippen LogP contribution in [0, 0.1) is 0 Å². The quantitative estimate of drug-likeness (QED) is 0.446. The first kappa shape index (κ1) is 20.1. The molecule has 2 nitrogen and oxygen atoms in total. The average molecular weight is 404 g/mol. The molecule has 0 N–H and O–H groups in total. The molecule has 3 aromatic rings. The first-order valence-corrected chi connectivity index (χ1v) is 12.4. The smallest absolute Gasteiger partial charge is 0.149 e. The van der Waals surface area contributed by atoms with Gasteiger partial charge < -0.3 is 9.30 Å². The Morgan fingerprint density at radius 2 is 1.34 bits per heavy atom. The minimum absolute atomic E-state index is 0.0587. The number of benzene rings is 3. The Kier molecular flexibility index (Phi) is 6.33. The molecule has 3 heteroatoms. The van der Waals surface area contributed by atoms with Gasteiger partial charge in [0.15, 0.2) is 0 Å². The van der Waals surface area contributed by atoms with E-state index in [0.29, 0.717) is 0 Å². The van der Waals surface area contributed by atoms with E-state index in [1.54, 1.807) is 0 Å². The van der Waals surface area contributed by atoms with Crippen molar-refractivity contribution in [2.24, 2.45) is 0 Å². The molecular weight excluding hydrogens is 375 g/mol. The Hall–Kier alpha value is -2.15. The number of unbranched alkanes of at least 4 members (excludes halogenated alkanes) is 1. The molecule has 4 rings (SSSR count). The van der Waals surface area contributed by atoms with Gasteiger partial charge in [-0.15, -0.1) is 0 Å². The summed E-state index contributed by atoms with van der Waals surface area (Å²) < 4.78 is 21.5. The van der Waals surface area contributed by atoms with Crippen LogP contribution in [0.4, 0.5) is 0 Å². The van der Waals surface area contributed by atoms with Crippen LogP contribution in [0.15, 0.2) is 91.0 Å². The Labute approximate surface area is 174 Å². The summed E-state index contributed by atoms with van der Waals surface area (Å²) in [5, 5.41) is 1.86. The third kappa shape index (κ3) is 4.10. The lowest BCUT2D eigenvalue weighted by molar-refractivity contribution is 0.0394. The highest BCUT2D eigenvalue weighted by molar-refractivity contribution is 7.79. The number of hydrogen-bond acceptors (Lipinski definition) is 2. The fraction of sp³-hybridized carbons (Fsp3) is 0.308. The van der Waals surface area contributed by atoms with Crippen LogP contribution >= 0.6 is 7.14 Å². The molecule has 0 aliphatic carbocycles. The molecule has 0 radical (unpaired) electrons. The van der Waals surface area contributed by atoms with Gasteiger partial charge in [0.1, 0.15) is 7.14 Å². The number of hydrogen-bond donors (Lipinski definition) is 0. The van der Waals surface area contributed by atoms with Crippen molar-refractivity contribution in [1.82, 2.24) is 0 Å². The van der Waals surface area contributed by atoms with Crippen LogP contribution in [0.5, 0.6) is 0 Å². The van der Waals surface area contributed by atoms with Crippen molar-refractivity contribution in [2.75, 3.05) is 0 Å². The molecule has 0 spiro atoms. The van der Waals surface area contributed by atoms with Crippen LogP contribution < -0.4 is 10.6 Å². The number of ether oxygens (including phenoxy) is 1. The molecule has 0 saturated carbocycles. The highest BCUT2D eigenvalue weighted by Crippen LogP contribution is 2.59. The Bertz CT molecular complexity index is 897. The largest absolute Gasteiger partial charge is 0.369 e. The molecule has 1 aliphatic heterocycles. The van der Waals surface area contributed by atoms with E-state index in [4.69, 9.17) is 4.74 Å². The van der Waals surface area contributed by atoms with Gasteiger partial charge in [-0.2, -0.15) is 0 Å². The fourth-order valence-corrected chi connectivity index (χ4v) is 7.93. The van der Waals surface area contributed by atoms with Gasteiger partial charge in [-0.05, 0) is 18.4 Å². The molecule has 1 unspecified atom stereocenters. The minimum Gasteiger partial charge on any atom is -0.369 e. The van der Waals surface area contributed by atoms with E-state index in [9.17, 15) is 4.57 Å². The molecule has 150 valence electrons. The first-order valence-electron chi connectivity index (χ1n) is 10.6. The second-order valence-electron chi connectivity index (χ2n) is 7.86. The Morgan fingerprint density at radius 1 is 0.828 bits per heavy atom. The highest BCUT2D eigenvalue weighted by Gasteiger charge is 2.48. The van der Waals surface area contributed by atoms with Crippen molar-refractivity contribution in [3.63, 3.8) is 0 Å². The molecule has 3 atom stereocenters. The van der Waals surface area contributed by atoms with Crippen molar-refractivity contribution in [2.45, 2.75) is 50.5 Å². The standard InChI is InChI=1S/C26H29O2P/c1-2-3-15-22-20-25(26(28-22)21-13-7-4-8-14-21)29(27,23-16-9-5-10-17-23)24-18-11-6-12-19-24/h4-14,16-19,22,25-26H,2-3,15,20H2,1H3/t22-,25-,26?/m1/s1. The molecule has 0 bridgehead atoms. The van der Waals surface area contributed by atoms with Crippen LogP contribution in [0.25, 0.3) is 0 Å². The van der Waals surface area contributed by atoms with Crippen LogP contribution in [0.2, 0.25) is 0 Å². The maximum absolute atomic E-state index is 14.9. The van der Waals surface area contributed by atoms with Crippen LogP contribution in [0.3, 0.4) is 0 Å². The Morgan fingerprint density at radius 3 is 1.86 bits per heavy atom. The topological polar surface area (TPSA) is 26.3 Å². The summed E-state index contributed by atoms with van der Waals surface area (Å²) >= 11 is 0. The second kappa shape index (κ2) is 9.11. The summed E-state index contributed by atoms with van der Waals surface area (Å²) in [6, 6.07) is 30.4. The van der Waals surface area contributed by atoms with Gasteiger partial charge >= 0.3 is 0 Å².